The molecule has 1 aromatic carbocycles. The molecule has 1 aliphatic carbocycles. The molecule has 0 atom stereocenters. The van der Waals surface area contributed by atoms with E-state index < -0.39 is 0 Å². The van der Waals surface area contributed by atoms with Gasteiger partial charge in [0.2, 0.25) is 0 Å². The van der Waals surface area contributed by atoms with E-state index in [0.717, 1.165) is 33.0 Å². The molecule has 110 valence electrons. The van der Waals surface area contributed by atoms with Crippen molar-refractivity contribution in [2.24, 2.45) is 0 Å². The summed E-state index contributed by atoms with van der Waals surface area (Å²) in [7, 11) is 0. The molecule has 3 rings (SSSR count). The molecule has 0 spiro atoms. The van der Waals surface area contributed by atoms with Gasteiger partial charge in [0.15, 0.2) is 5.82 Å². The van der Waals surface area contributed by atoms with E-state index in [9.17, 15) is 0 Å². The van der Waals surface area contributed by atoms with Gasteiger partial charge in [0.1, 0.15) is 5.15 Å². The molecule has 6 heteroatoms. The third kappa shape index (κ3) is 3.29. The van der Waals surface area contributed by atoms with Crippen molar-refractivity contribution >= 4 is 55.1 Å². The van der Waals surface area contributed by atoms with Crippen LogP contribution in [0.2, 0.25) is 10.2 Å². The van der Waals surface area contributed by atoms with Gasteiger partial charge >= 0.3 is 0 Å². The Morgan fingerprint density at radius 2 is 1.76 bits per heavy atom. The molecule has 1 saturated carbocycles. The van der Waals surface area contributed by atoms with Crippen LogP contribution in [0.4, 0.5) is 0 Å². The van der Waals surface area contributed by atoms with Gasteiger partial charge in [0.05, 0.1) is 15.2 Å². The molecule has 0 saturated heterocycles. The van der Waals surface area contributed by atoms with E-state index in [4.69, 9.17) is 28.2 Å². The van der Waals surface area contributed by atoms with Crippen molar-refractivity contribution in [3.8, 4) is 11.4 Å². The second-order valence-corrected chi connectivity index (χ2v) is 7.56. The summed E-state index contributed by atoms with van der Waals surface area (Å²) >= 11 is 19.3. The average molecular weight is 451 g/mol. The van der Waals surface area contributed by atoms with Gasteiger partial charge in [-0.15, -0.1) is 0 Å². The minimum Gasteiger partial charge on any atom is -0.231 e. The highest BCUT2D eigenvalue weighted by Gasteiger charge is 2.23. The fraction of sp³-hybridized carbons (Fsp3) is 0.333. The largest absolute Gasteiger partial charge is 0.231 e. The van der Waals surface area contributed by atoms with Gasteiger partial charge in [-0.1, -0.05) is 36.0 Å². The van der Waals surface area contributed by atoms with Crippen LogP contribution in [0, 0.1) is 0 Å². The maximum atomic E-state index is 6.28. The highest BCUT2D eigenvalue weighted by Crippen LogP contribution is 2.39. The van der Waals surface area contributed by atoms with Crippen LogP contribution in [-0.2, 0) is 0 Å². The fourth-order valence-corrected chi connectivity index (χ4v) is 3.84. The lowest BCUT2D eigenvalue weighted by molar-refractivity contribution is 0.691. The van der Waals surface area contributed by atoms with Crippen molar-refractivity contribution in [1.82, 2.24) is 9.97 Å². The smallest absolute Gasteiger partial charge is 0.161 e. The van der Waals surface area contributed by atoms with Crippen molar-refractivity contribution in [3.05, 3.63) is 43.0 Å². The van der Waals surface area contributed by atoms with Crippen LogP contribution in [0.5, 0.6) is 0 Å². The minimum absolute atomic E-state index is 0.466. The van der Waals surface area contributed by atoms with Gasteiger partial charge in [-0.2, -0.15) is 0 Å². The maximum Gasteiger partial charge on any atom is 0.161 e. The van der Waals surface area contributed by atoms with E-state index in [1.165, 1.54) is 12.8 Å². The summed E-state index contributed by atoms with van der Waals surface area (Å²) < 4.78 is 1.65. The van der Waals surface area contributed by atoms with Gasteiger partial charge < -0.3 is 0 Å². The lowest BCUT2D eigenvalue weighted by atomic mass is 10.0. The van der Waals surface area contributed by atoms with Crippen molar-refractivity contribution in [2.75, 3.05) is 0 Å². The normalized spacial score (nSPS) is 15.6. The van der Waals surface area contributed by atoms with E-state index in [0.29, 0.717) is 21.9 Å². The second-order valence-electron chi connectivity index (χ2n) is 5.15. The lowest BCUT2D eigenvalue weighted by Gasteiger charge is -2.13. The third-order valence-corrected chi connectivity index (χ3v) is 6.25. The summed E-state index contributed by atoms with van der Waals surface area (Å²) in [5.74, 6) is 1.11. The zero-order chi connectivity index (χ0) is 15.0. The Hall–Kier alpha value is -0.160. The monoisotopic (exact) mass is 448 g/mol. The van der Waals surface area contributed by atoms with Gasteiger partial charge in [-0.3, -0.25) is 0 Å². The Morgan fingerprint density at radius 3 is 2.43 bits per heavy atom. The summed E-state index contributed by atoms with van der Waals surface area (Å²) in [5, 5.41) is 1.13. The lowest BCUT2D eigenvalue weighted by Crippen LogP contribution is -2.02. The summed E-state index contributed by atoms with van der Waals surface area (Å²) in [6, 6.07) is 5.65. The van der Waals surface area contributed by atoms with Crippen molar-refractivity contribution in [1.29, 1.82) is 0 Å². The van der Waals surface area contributed by atoms with Crippen LogP contribution in [0.1, 0.15) is 37.3 Å². The van der Waals surface area contributed by atoms with Gasteiger partial charge in [-0.05, 0) is 62.9 Å². The van der Waals surface area contributed by atoms with Gasteiger partial charge in [0.25, 0.3) is 0 Å². The van der Waals surface area contributed by atoms with Crippen LogP contribution >= 0.6 is 55.1 Å². The first-order chi connectivity index (χ1) is 10.1. The van der Waals surface area contributed by atoms with E-state index in [-0.39, 0.29) is 0 Å². The Labute approximate surface area is 150 Å². The fourth-order valence-electron chi connectivity index (χ4n) is 2.67. The quantitative estimate of drug-likeness (QED) is 0.479. The molecule has 0 aliphatic heterocycles. The first-order valence-corrected chi connectivity index (χ1v) is 9.09. The second kappa shape index (κ2) is 6.53. The Bertz CT molecular complexity index is 686. The van der Waals surface area contributed by atoms with Crippen LogP contribution in [0.3, 0.4) is 0 Å². The molecule has 0 unspecified atom stereocenters. The van der Waals surface area contributed by atoms with Crippen LogP contribution in [0.15, 0.2) is 27.1 Å². The summed E-state index contributed by atoms with van der Waals surface area (Å²) in [6.45, 7) is 0. The van der Waals surface area contributed by atoms with E-state index in [1.54, 1.807) is 0 Å². The first kappa shape index (κ1) is 15.7. The highest BCUT2D eigenvalue weighted by atomic mass is 79.9. The molecule has 2 nitrogen and oxygen atoms in total. The molecule has 1 heterocycles. The number of hydrogen-bond donors (Lipinski definition) is 0. The molecular formula is C15H12Br2Cl2N2. The van der Waals surface area contributed by atoms with E-state index >= 15 is 0 Å². The number of rotatable bonds is 2. The molecule has 1 aromatic heterocycles. The van der Waals surface area contributed by atoms with Crippen LogP contribution in [-0.4, -0.2) is 9.97 Å². The third-order valence-electron chi connectivity index (χ3n) is 3.76. The van der Waals surface area contributed by atoms with Crippen molar-refractivity contribution in [2.45, 2.75) is 31.6 Å². The number of aromatic nitrogens is 2. The molecule has 0 radical (unpaired) electrons. The number of hydrogen-bond acceptors (Lipinski definition) is 2. The molecule has 21 heavy (non-hydrogen) atoms. The maximum absolute atomic E-state index is 6.28. The standard InChI is InChI=1S/C15H12Br2Cl2N2/c16-10-7-9(5-6-11(10)18)15-20-13(8-3-1-2-4-8)12(17)14(19)21-15/h5-8H,1-4H2. The summed E-state index contributed by atoms with van der Waals surface area (Å²) in [4.78, 5) is 9.14. The molecular weight excluding hydrogens is 439 g/mol. The molecule has 1 fully saturated rings. The summed E-state index contributed by atoms with van der Waals surface area (Å²) in [5.41, 5.74) is 1.92. The predicted octanol–water partition coefficient (Wildman–Crippen LogP) is 6.63. The molecule has 0 N–H and O–H groups in total. The molecule has 1 aliphatic rings. The Balaban J connectivity index is 2.08. The Morgan fingerprint density at radius 1 is 1.05 bits per heavy atom. The van der Waals surface area contributed by atoms with Crippen LogP contribution in [0.25, 0.3) is 11.4 Å². The number of halogens is 4. The van der Waals surface area contributed by atoms with Gasteiger partial charge in [-0.25, -0.2) is 9.97 Å². The van der Waals surface area contributed by atoms with Crippen molar-refractivity contribution in [3.63, 3.8) is 0 Å². The SMILES string of the molecule is Clc1ccc(-c2nc(Cl)c(Br)c(C3CCCC3)n2)cc1Br. The first-order valence-electron chi connectivity index (χ1n) is 6.74. The zero-order valence-corrected chi connectivity index (χ0v) is 15.7. The number of benzene rings is 1. The highest BCUT2D eigenvalue weighted by molar-refractivity contribution is 9.11. The molecule has 0 bridgehead atoms. The minimum atomic E-state index is 0.466. The van der Waals surface area contributed by atoms with E-state index in [1.807, 2.05) is 18.2 Å². The van der Waals surface area contributed by atoms with Crippen molar-refractivity contribution < 1.29 is 0 Å². The van der Waals surface area contributed by atoms with Gasteiger partial charge in [0, 0.05) is 16.0 Å². The molecule has 0 amide bonds. The Kier molecular flexibility index (Phi) is 4.89. The topological polar surface area (TPSA) is 25.8 Å². The molecule has 2 aromatic rings. The number of nitrogens with zero attached hydrogens (tertiary/aromatic N) is 2. The average Bonchev–Trinajstić information content (AvgIpc) is 2.98. The zero-order valence-electron chi connectivity index (χ0n) is 11.0. The predicted molar refractivity (Wildman–Crippen MR) is 94.1 cm³/mol. The van der Waals surface area contributed by atoms with E-state index in [2.05, 4.69) is 36.8 Å². The summed E-state index contributed by atoms with van der Waals surface area (Å²) in [6.07, 6.45) is 4.83. The van der Waals surface area contributed by atoms with Crippen LogP contribution < -0.4 is 0 Å².